The molecule has 0 bridgehead atoms. The molecule has 0 aliphatic heterocycles. The van der Waals surface area contributed by atoms with Crippen molar-refractivity contribution in [1.29, 1.82) is 0 Å². The molecule has 3 aromatic rings. The Kier molecular flexibility index (Phi) is 8.29. The van der Waals surface area contributed by atoms with Gasteiger partial charge in [0, 0.05) is 41.6 Å². The molecule has 0 aliphatic rings. The molecule has 172 valence electrons. The van der Waals surface area contributed by atoms with Crippen LogP contribution in [0.25, 0.3) is 0 Å². The Morgan fingerprint density at radius 3 is 2.50 bits per heavy atom. The summed E-state index contributed by atoms with van der Waals surface area (Å²) in [6.07, 6.45) is 11.5. The molecule has 0 unspecified atom stereocenters. The van der Waals surface area contributed by atoms with E-state index >= 15 is 0 Å². The van der Waals surface area contributed by atoms with E-state index in [9.17, 15) is 4.79 Å². The highest BCUT2D eigenvalue weighted by Crippen LogP contribution is 2.27. The predicted octanol–water partition coefficient (Wildman–Crippen LogP) is 4.46. The van der Waals surface area contributed by atoms with E-state index in [0.717, 1.165) is 5.56 Å². The van der Waals surface area contributed by atoms with Gasteiger partial charge < -0.3 is 20.5 Å². The highest BCUT2D eigenvalue weighted by atomic mass is 16.5. The third kappa shape index (κ3) is 6.64. The number of pyridine rings is 1. The summed E-state index contributed by atoms with van der Waals surface area (Å²) >= 11 is 0. The summed E-state index contributed by atoms with van der Waals surface area (Å²) < 4.78 is 11.6. The zero-order chi connectivity index (χ0) is 24.3. The van der Waals surface area contributed by atoms with Gasteiger partial charge in [-0.05, 0) is 43.3 Å². The van der Waals surface area contributed by atoms with E-state index in [-0.39, 0.29) is 29.8 Å². The first-order chi connectivity index (χ1) is 16.5. The molecule has 8 heteroatoms. The van der Waals surface area contributed by atoms with Crippen LogP contribution in [-0.4, -0.2) is 20.7 Å². The number of allylic oxidation sites excluding steroid dienone is 5. The number of benzene rings is 1. The molecule has 34 heavy (non-hydrogen) atoms. The number of ketones is 1. The van der Waals surface area contributed by atoms with Gasteiger partial charge in [-0.25, -0.2) is 9.97 Å². The summed E-state index contributed by atoms with van der Waals surface area (Å²) in [5, 5.41) is 2.94. The van der Waals surface area contributed by atoms with Gasteiger partial charge in [0.2, 0.25) is 5.78 Å². The first-order valence-corrected chi connectivity index (χ1v) is 10.3. The quantitative estimate of drug-likeness (QED) is 0.248. The summed E-state index contributed by atoms with van der Waals surface area (Å²) in [7, 11) is 0. The first-order valence-electron chi connectivity index (χ1n) is 10.3. The number of nitrogens with zero attached hydrogens (tertiary/aromatic N) is 3. The maximum absolute atomic E-state index is 12.8. The Hall–Kier alpha value is -4.72. The molecule has 3 N–H and O–H groups in total. The Bertz CT molecular complexity index is 1210. The second-order valence-corrected chi connectivity index (χ2v) is 7.07. The highest BCUT2D eigenvalue weighted by Gasteiger charge is 2.14. The molecular weight excluding hydrogens is 430 g/mol. The van der Waals surface area contributed by atoms with Gasteiger partial charge in [-0.2, -0.15) is 0 Å². The minimum absolute atomic E-state index is 0.183. The lowest BCUT2D eigenvalue weighted by atomic mass is 10.1. The van der Waals surface area contributed by atoms with Crippen LogP contribution >= 0.6 is 0 Å². The SMILES string of the molecule is C=C/C=C\C(NC(=C)C(=O)c1ccc(Oc2nccnc2OCc2cccnc2)cc1)=C(/C)N. The summed E-state index contributed by atoms with van der Waals surface area (Å²) in [5.41, 5.74) is 8.45. The molecule has 0 saturated heterocycles. The number of ether oxygens (including phenoxy) is 2. The number of carbonyl (C=O) groups is 1. The largest absolute Gasteiger partial charge is 0.469 e. The number of hydrogen-bond donors (Lipinski definition) is 2. The van der Waals surface area contributed by atoms with Crippen LogP contribution in [0.5, 0.6) is 17.5 Å². The molecule has 0 radical (unpaired) electrons. The van der Waals surface area contributed by atoms with Crippen LogP contribution < -0.4 is 20.5 Å². The van der Waals surface area contributed by atoms with Crippen molar-refractivity contribution in [2.45, 2.75) is 13.5 Å². The van der Waals surface area contributed by atoms with E-state index in [4.69, 9.17) is 15.2 Å². The van der Waals surface area contributed by atoms with Crippen molar-refractivity contribution in [3.63, 3.8) is 0 Å². The normalized spacial score (nSPS) is 11.4. The fourth-order valence-corrected chi connectivity index (χ4v) is 2.73. The Labute approximate surface area is 198 Å². The number of hydrogen-bond acceptors (Lipinski definition) is 8. The second kappa shape index (κ2) is 11.8. The minimum Gasteiger partial charge on any atom is -0.469 e. The molecule has 2 aromatic heterocycles. The topological polar surface area (TPSA) is 112 Å². The Morgan fingerprint density at radius 1 is 1.12 bits per heavy atom. The van der Waals surface area contributed by atoms with E-state index in [2.05, 4.69) is 33.4 Å². The average molecular weight is 456 g/mol. The maximum Gasteiger partial charge on any atom is 0.283 e. The molecule has 0 saturated carbocycles. The summed E-state index contributed by atoms with van der Waals surface area (Å²) in [6, 6.07) is 10.3. The predicted molar refractivity (Wildman–Crippen MR) is 130 cm³/mol. The van der Waals surface area contributed by atoms with Crippen LogP contribution in [-0.2, 0) is 6.61 Å². The second-order valence-electron chi connectivity index (χ2n) is 7.07. The summed E-state index contributed by atoms with van der Waals surface area (Å²) in [6.45, 7) is 9.44. The van der Waals surface area contributed by atoms with Crippen LogP contribution in [0, 0.1) is 0 Å². The van der Waals surface area contributed by atoms with Gasteiger partial charge in [0.05, 0.1) is 11.4 Å². The van der Waals surface area contributed by atoms with E-state index in [1.807, 2.05) is 12.1 Å². The molecule has 2 heterocycles. The van der Waals surface area contributed by atoms with E-state index < -0.39 is 0 Å². The van der Waals surface area contributed by atoms with Crippen molar-refractivity contribution in [3.05, 3.63) is 121 Å². The maximum atomic E-state index is 12.8. The molecule has 3 rings (SSSR count). The molecule has 0 aliphatic carbocycles. The van der Waals surface area contributed by atoms with Gasteiger partial charge in [0.25, 0.3) is 11.8 Å². The van der Waals surface area contributed by atoms with Crippen molar-refractivity contribution in [1.82, 2.24) is 20.3 Å². The molecular formula is C26H25N5O3. The van der Waals surface area contributed by atoms with Crippen LogP contribution in [0.1, 0.15) is 22.8 Å². The zero-order valence-corrected chi connectivity index (χ0v) is 18.8. The molecule has 0 spiro atoms. The molecule has 0 atom stereocenters. The number of nitrogens with one attached hydrogen (secondary N) is 1. The number of carbonyl (C=O) groups excluding carboxylic acids is 1. The number of rotatable bonds is 11. The van der Waals surface area contributed by atoms with Crippen molar-refractivity contribution < 1.29 is 14.3 Å². The monoisotopic (exact) mass is 455 g/mol. The van der Waals surface area contributed by atoms with Gasteiger partial charge in [-0.3, -0.25) is 9.78 Å². The van der Waals surface area contributed by atoms with Crippen LogP contribution in [0.15, 0.2) is 110 Å². The summed E-state index contributed by atoms with van der Waals surface area (Å²) in [5.74, 6) is 0.637. The van der Waals surface area contributed by atoms with Gasteiger partial charge in [-0.15, -0.1) is 0 Å². The van der Waals surface area contributed by atoms with E-state index in [0.29, 0.717) is 22.7 Å². The van der Waals surface area contributed by atoms with E-state index in [1.165, 1.54) is 12.4 Å². The van der Waals surface area contributed by atoms with Crippen LogP contribution in [0.3, 0.4) is 0 Å². The summed E-state index contributed by atoms with van der Waals surface area (Å²) in [4.78, 5) is 25.2. The number of aromatic nitrogens is 3. The van der Waals surface area contributed by atoms with Gasteiger partial charge in [-0.1, -0.05) is 31.4 Å². The number of nitrogens with two attached hydrogens (primary N) is 1. The van der Waals surface area contributed by atoms with Crippen molar-refractivity contribution in [3.8, 4) is 17.5 Å². The Balaban J connectivity index is 1.66. The fourth-order valence-electron chi connectivity index (χ4n) is 2.73. The van der Waals surface area contributed by atoms with Crippen molar-refractivity contribution in [2.75, 3.05) is 0 Å². The highest BCUT2D eigenvalue weighted by molar-refractivity contribution is 6.08. The number of Topliss-reactive ketones (excluding diaryl/α,β-unsaturated/α-hetero) is 1. The molecule has 0 amide bonds. The third-order valence-electron chi connectivity index (χ3n) is 4.45. The zero-order valence-electron chi connectivity index (χ0n) is 18.8. The first kappa shape index (κ1) is 23.9. The van der Waals surface area contributed by atoms with Gasteiger partial charge in [0.15, 0.2) is 0 Å². The van der Waals surface area contributed by atoms with Gasteiger partial charge in [0.1, 0.15) is 12.4 Å². The standard InChI is InChI=1S/C26H25N5O3/c1-4-5-8-23(18(2)27)31-19(3)24(32)21-9-11-22(12-10-21)34-26-25(29-14-15-30-26)33-17-20-7-6-13-28-16-20/h4-16,31H,1,3,17,27H2,2H3/b8-5-,23-18-. The smallest absolute Gasteiger partial charge is 0.283 e. The average Bonchev–Trinajstić information content (AvgIpc) is 2.86. The van der Waals surface area contributed by atoms with Crippen molar-refractivity contribution in [2.24, 2.45) is 5.73 Å². The lowest BCUT2D eigenvalue weighted by Crippen LogP contribution is -2.21. The van der Waals surface area contributed by atoms with Gasteiger partial charge >= 0.3 is 0 Å². The van der Waals surface area contributed by atoms with Crippen LogP contribution in [0.4, 0.5) is 0 Å². The molecule has 8 nitrogen and oxygen atoms in total. The minimum atomic E-state index is -0.280. The fraction of sp³-hybridized carbons (Fsp3) is 0.0769. The molecule has 1 aromatic carbocycles. The third-order valence-corrected chi connectivity index (χ3v) is 4.45. The van der Waals surface area contributed by atoms with Crippen molar-refractivity contribution >= 4 is 5.78 Å². The molecule has 0 fully saturated rings. The van der Waals surface area contributed by atoms with Crippen LogP contribution in [0.2, 0.25) is 0 Å². The lowest BCUT2D eigenvalue weighted by Gasteiger charge is -2.12. The van der Waals surface area contributed by atoms with E-state index in [1.54, 1.807) is 61.8 Å². The Morgan fingerprint density at radius 2 is 1.85 bits per heavy atom. The lowest BCUT2D eigenvalue weighted by molar-refractivity contribution is 0.102.